The van der Waals surface area contributed by atoms with Crippen LogP contribution in [0.2, 0.25) is 0 Å². The van der Waals surface area contributed by atoms with Crippen LogP contribution in [0.4, 0.5) is 0 Å². The maximum Gasteiger partial charge on any atom is 0.136 e. The molecule has 1 heterocycles. The molecule has 0 amide bonds. The minimum absolute atomic E-state index is 0.910. The lowest BCUT2D eigenvalue weighted by atomic mass is 9.85. The molecule has 236 valence electrons. The van der Waals surface area contributed by atoms with Crippen molar-refractivity contribution in [2.75, 3.05) is 0 Å². The van der Waals surface area contributed by atoms with Crippen LogP contribution in [0.15, 0.2) is 186 Å². The number of hydrogen-bond donors (Lipinski definition) is 0. The molecular formula is C50H30O. The molecule has 0 bridgehead atoms. The molecule has 0 N–H and O–H groups in total. The molecule has 0 saturated heterocycles. The molecule has 51 heavy (non-hydrogen) atoms. The fourth-order valence-corrected chi connectivity index (χ4v) is 8.32. The van der Waals surface area contributed by atoms with E-state index in [1.54, 1.807) is 0 Å². The summed E-state index contributed by atoms with van der Waals surface area (Å²) >= 11 is 0. The zero-order valence-corrected chi connectivity index (χ0v) is 27.7. The molecule has 10 aromatic carbocycles. The third-order valence-corrected chi connectivity index (χ3v) is 10.8. The van der Waals surface area contributed by atoms with E-state index in [2.05, 4.69) is 182 Å². The summed E-state index contributed by atoms with van der Waals surface area (Å²) in [5.41, 5.74) is 9.18. The maximum atomic E-state index is 6.54. The maximum absolute atomic E-state index is 6.54. The normalized spacial score (nSPS) is 11.9. The second kappa shape index (κ2) is 10.9. The third kappa shape index (κ3) is 4.42. The quantitative estimate of drug-likeness (QED) is 0.174. The number of rotatable bonds is 3. The molecule has 0 aliphatic carbocycles. The Hall–Kier alpha value is -6.70. The van der Waals surface area contributed by atoms with Gasteiger partial charge in [-0.1, -0.05) is 140 Å². The first-order valence-electron chi connectivity index (χ1n) is 17.6. The molecule has 0 saturated carbocycles. The fraction of sp³-hybridized carbons (Fsp3) is 0. The Balaban J connectivity index is 1.08. The van der Waals surface area contributed by atoms with Crippen LogP contribution in [0, 0.1) is 0 Å². The summed E-state index contributed by atoms with van der Waals surface area (Å²) < 4.78 is 6.54. The average Bonchev–Trinajstić information content (AvgIpc) is 3.54. The first-order valence-corrected chi connectivity index (χ1v) is 17.6. The van der Waals surface area contributed by atoms with Gasteiger partial charge in [-0.15, -0.1) is 0 Å². The van der Waals surface area contributed by atoms with E-state index >= 15 is 0 Å². The van der Waals surface area contributed by atoms with Crippen molar-refractivity contribution >= 4 is 75.8 Å². The topological polar surface area (TPSA) is 13.1 Å². The monoisotopic (exact) mass is 646 g/mol. The Morgan fingerprint density at radius 2 is 0.627 bits per heavy atom. The smallest absolute Gasteiger partial charge is 0.136 e. The first kappa shape index (κ1) is 28.2. The van der Waals surface area contributed by atoms with Crippen LogP contribution in [0.25, 0.3) is 109 Å². The van der Waals surface area contributed by atoms with Gasteiger partial charge in [-0.2, -0.15) is 0 Å². The van der Waals surface area contributed by atoms with Crippen LogP contribution in [-0.4, -0.2) is 0 Å². The number of furan rings is 1. The minimum atomic E-state index is 0.910. The average molecular weight is 647 g/mol. The molecule has 0 unspecified atom stereocenters. The van der Waals surface area contributed by atoms with Crippen LogP contribution in [0.3, 0.4) is 0 Å². The highest BCUT2D eigenvalue weighted by molar-refractivity contribution is 6.22. The van der Waals surface area contributed by atoms with Gasteiger partial charge in [0.1, 0.15) is 11.2 Å². The highest BCUT2D eigenvalue weighted by atomic mass is 16.3. The molecule has 0 aliphatic rings. The molecular weight excluding hydrogens is 617 g/mol. The van der Waals surface area contributed by atoms with Gasteiger partial charge in [-0.25, -0.2) is 0 Å². The van der Waals surface area contributed by atoms with Gasteiger partial charge in [0.2, 0.25) is 0 Å². The zero-order chi connectivity index (χ0) is 33.5. The standard InChI is InChI=1S/C50H30O/c1-2-10-32-25-35(18-17-31(32)9-1)36-19-20-38-27-39(22-21-37(38)26-36)49-42-13-5-7-15-44(42)50(45-16-8-6-14-43(45)49)40-23-24-41-46-28-33-11-3-4-12-34(33)29-48(46)51-47(41)30-40/h1-30H. The highest BCUT2D eigenvalue weighted by Gasteiger charge is 2.18. The SMILES string of the molecule is c1ccc2cc(-c3ccc4cc(-c5c6ccccc6c(-c6ccc7c(c6)oc6cc8ccccc8cc67)c6ccccc56)ccc4c3)ccc2c1. The van der Waals surface area contributed by atoms with Crippen molar-refractivity contribution in [1.29, 1.82) is 0 Å². The second-order valence-corrected chi connectivity index (χ2v) is 13.7. The summed E-state index contributed by atoms with van der Waals surface area (Å²) in [5, 5.41) is 14.7. The van der Waals surface area contributed by atoms with Crippen molar-refractivity contribution in [3.63, 3.8) is 0 Å². The molecule has 1 nitrogen and oxygen atoms in total. The van der Waals surface area contributed by atoms with E-state index in [-0.39, 0.29) is 0 Å². The predicted octanol–water partition coefficient (Wildman–Crippen LogP) is 14.4. The van der Waals surface area contributed by atoms with Gasteiger partial charge in [0.25, 0.3) is 0 Å². The lowest BCUT2D eigenvalue weighted by molar-refractivity contribution is 0.669. The van der Waals surface area contributed by atoms with Gasteiger partial charge < -0.3 is 4.42 Å². The Morgan fingerprint density at radius 3 is 1.24 bits per heavy atom. The van der Waals surface area contributed by atoms with Gasteiger partial charge in [-0.3, -0.25) is 0 Å². The van der Waals surface area contributed by atoms with Crippen LogP contribution in [-0.2, 0) is 0 Å². The van der Waals surface area contributed by atoms with Gasteiger partial charge >= 0.3 is 0 Å². The van der Waals surface area contributed by atoms with Crippen molar-refractivity contribution in [2.24, 2.45) is 0 Å². The van der Waals surface area contributed by atoms with Crippen LogP contribution >= 0.6 is 0 Å². The van der Waals surface area contributed by atoms with E-state index in [0.717, 1.165) is 27.5 Å². The summed E-state index contributed by atoms with van der Waals surface area (Å²) in [6, 6.07) is 66.4. The zero-order valence-electron chi connectivity index (χ0n) is 27.7. The Kier molecular flexibility index (Phi) is 6.02. The summed E-state index contributed by atoms with van der Waals surface area (Å²) in [5.74, 6) is 0. The molecule has 0 spiro atoms. The molecule has 11 aromatic rings. The van der Waals surface area contributed by atoms with Crippen LogP contribution in [0.5, 0.6) is 0 Å². The van der Waals surface area contributed by atoms with E-state index < -0.39 is 0 Å². The number of benzene rings is 10. The van der Waals surface area contributed by atoms with Crippen LogP contribution in [0.1, 0.15) is 0 Å². The summed E-state index contributed by atoms with van der Waals surface area (Å²) in [6.45, 7) is 0. The van der Waals surface area contributed by atoms with Crippen molar-refractivity contribution in [2.45, 2.75) is 0 Å². The van der Waals surface area contributed by atoms with Crippen molar-refractivity contribution in [3.05, 3.63) is 182 Å². The number of fused-ring (bicyclic) bond motifs is 8. The van der Waals surface area contributed by atoms with Gasteiger partial charge in [0.05, 0.1) is 0 Å². The predicted molar refractivity (Wildman–Crippen MR) is 218 cm³/mol. The summed E-state index contributed by atoms with van der Waals surface area (Å²) in [7, 11) is 0. The van der Waals surface area contributed by atoms with Crippen molar-refractivity contribution in [1.82, 2.24) is 0 Å². The van der Waals surface area contributed by atoms with Gasteiger partial charge in [0, 0.05) is 10.8 Å². The largest absolute Gasteiger partial charge is 0.456 e. The Morgan fingerprint density at radius 1 is 0.235 bits per heavy atom. The van der Waals surface area contributed by atoms with Crippen molar-refractivity contribution in [3.8, 4) is 33.4 Å². The molecule has 0 atom stereocenters. The summed E-state index contributed by atoms with van der Waals surface area (Å²) in [6.07, 6.45) is 0. The minimum Gasteiger partial charge on any atom is -0.456 e. The van der Waals surface area contributed by atoms with E-state index in [9.17, 15) is 0 Å². The molecule has 0 radical (unpaired) electrons. The molecule has 1 aromatic heterocycles. The first-order chi connectivity index (χ1) is 25.2. The lowest BCUT2D eigenvalue weighted by Gasteiger charge is -2.18. The third-order valence-electron chi connectivity index (χ3n) is 10.8. The van der Waals surface area contributed by atoms with Gasteiger partial charge in [-0.05, 0) is 130 Å². The molecule has 11 rings (SSSR count). The van der Waals surface area contributed by atoms with E-state index in [4.69, 9.17) is 4.42 Å². The molecule has 0 aliphatic heterocycles. The molecule has 0 fully saturated rings. The fourth-order valence-electron chi connectivity index (χ4n) is 8.32. The Bertz CT molecular complexity index is 3140. The van der Waals surface area contributed by atoms with E-state index in [1.807, 2.05) is 0 Å². The van der Waals surface area contributed by atoms with E-state index in [1.165, 1.54) is 81.7 Å². The summed E-state index contributed by atoms with van der Waals surface area (Å²) in [4.78, 5) is 0. The Labute approximate surface area is 294 Å². The van der Waals surface area contributed by atoms with E-state index in [0.29, 0.717) is 0 Å². The second-order valence-electron chi connectivity index (χ2n) is 13.7. The van der Waals surface area contributed by atoms with Gasteiger partial charge in [0.15, 0.2) is 0 Å². The van der Waals surface area contributed by atoms with Crippen molar-refractivity contribution < 1.29 is 4.42 Å². The van der Waals surface area contributed by atoms with Crippen LogP contribution < -0.4 is 0 Å². The molecule has 1 heteroatoms. The number of hydrogen-bond acceptors (Lipinski definition) is 1. The lowest BCUT2D eigenvalue weighted by Crippen LogP contribution is -1.91. The highest BCUT2D eigenvalue weighted by Crippen LogP contribution is 2.45.